The van der Waals surface area contributed by atoms with E-state index >= 15 is 0 Å². The average molecular weight is 562 g/mol. The van der Waals surface area contributed by atoms with Crippen LogP contribution in [0.2, 0.25) is 0 Å². The summed E-state index contributed by atoms with van der Waals surface area (Å²) in [5.74, 6) is 1.53. The number of hydrogen-bond acceptors (Lipinski definition) is 7. The molecule has 0 radical (unpaired) electrons. The molecule has 37 heavy (non-hydrogen) atoms. The Hall–Kier alpha value is -0.870. The Bertz CT molecular complexity index is 814. The molecule has 2 rings (SSSR count). The lowest BCUT2D eigenvalue weighted by Gasteiger charge is -2.39. The fraction of sp³-hybridized carbons (Fsp3) is 0.857. The van der Waals surface area contributed by atoms with Crippen molar-refractivity contribution in [2.75, 3.05) is 32.9 Å². The fourth-order valence-electron chi connectivity index (χ4n) is 4.86. The quantitative estimate of drug-likeness (QED) is 0.117. The van der Waals surface area contributed by atoms with Crippen molar-refractivity contribution in [2.24, 2.45) is 0 Å². The summed E-state index contributed by atoms with van der Waals surface area (Å²) >= 11 is 1.54. The SMILES string of the molecule is CCCCCCCCN(CCCCCCCC)C(C)(CCCOCC1COc2cscc2O1)S(=O)(=O)O. The van der Waals surface area contributed by atoms with Gasteiger partial charge in [-0.05, 0) is 45.7 Å². The first-order valence-electron chi connectivity index (χ1n) is 14.5. The number of fused-ring (bicyclic) bond motifs is 1. The van der Waals surface area contributed by atoms with Crippen molar-refractivity contribution in [2.45, 2.75) is 122 Å². The molecule has 2 unspecified atom stereocenters. The highest BCUT2D eigenvalue weighted by molar-refractivity contribution is 7.87. The Kier molecular flexibility index (Phi) is 15.4. The summed E-state index contributed by atoms with van der Waals surface area (Å²) in [7, 11) is -4.27. The molecule has 0 amide bonds. The molecule has 0 fully saturated rings. The Balaban J connectivity index is 1.86. The van der Waals surface area contributed by atoms with E-state index in [0.717, 1.165) is 37.2 Å². The van der Waals surface area contributed by atoms with Crippen LogP contribution in [0, 0.1) is 0 Å². The maximum atomic E-state index is 12.7. The van der Waals surface area contributed by atoms with Gasteiger partial charge in [0.25, 0.3) is 10.1 Å². The minimum atomic E-state index is -4.27. The van der Waals surface area contributed by atoms with Crippen LogP contribution in [0.15, 0.2) is 10.8 Å². The molecule has 2 heterocycles. The van der Waals surface area contributed by atoms with Gasteiger partial charge in [0.15, 0.2) is 17.6 Å². The molecular formula is C28H51NO6S2. The van der Waals surface area contributed by atoms with E-state index in [1.807, 2.05) is 15.7 Å². The molecule has 0 spiro atoms. The third-order valence-electron chi connectivity index (χ3n) is 7.33. The molecule has 216 valence electrons. The lowest BCUT2D eigenvalue weighted by molar-refractivity contribution is 0.00633. The molecule has 1 aromatic rings. The summed E-state index contributed by atoms with van der Waals surface area (Å²) in [6.07, 6.45) is 14.5. The molecular weight excluding hydrogens is 510 g/mol. The number of nitrogens with zero attached hydrogens (tertiary/aromatic N) is 1. The predicted molar refractivity (Wildman–Crippen MR) is 153 cm³/mol. The van der Waals surface area contributed by atoms with E-state index in [2.05, 4.69) is 13.8 Å². The summed E-state index contributed by atoms with van der Waals surface area (Å²) < 4.78 is 53.1. The number of thiophene rings is 1. The number of unbranched alkanes of at least 4 members (excludes halogenated alkanes) is 10. The van der Waals surface area contributed by atoms with Gasteiger partial charge in [-0.15, -0.1) is 11.3 Å². The van der Waals surface area contributed by atoms with Gasteiger partial charge in [-0.25, -0.2) is 0 Å². The third kappa shape index (κ3) is 11.4. The van der Waals surface area contributed by atoms with E-state index < -0.39 is 15.0 Å². The van der Waals surface area contributed by atoms with Gasteiger partial charge >= 0.3 is 0 Å². The minimum Gasteiger partial charge on any atom is -0.485 e. The fourth-order valence-corrected chi connectivity index (χ4v) is 6.44. The van der Waals surface area contributed by atoms with E-state index in [9.17, 15) is 13.0 Å². The summed E-state index contributed by atoms with van der Waals surface area (Å²) in [5.41, 5.74) is 0. The maximum Gasteiger partial charge on any atom is 0.283 e. The molecule has 1 aliphatic heterocycles. The van der Waals surface area contributed by atoms with Crippen LogP contribution in [-0.4, -0.2) is 61.8 Å². The standard InChI is InChI=1S/C28H51NO6S2/c1-4-6-8-10-12-14-18-29(19-15-13-11-9-7-5-2)28(3,37(30,31)32)17-16-20-33-21-25-22-34-26-23-36-24-27(26)35-25/h23-25H,4-22H2,1-3H3,(H,30,31,32). The number of ether oxygens (including phenoxy) is 3. The van der Waals surface area contributed by atoms with Crippen LogP contribution in [-0.2, 0) is 14.9 Å². The van der Waals surface area contributed by atoms with Crippen molar-refractivity contribution >= 4 is 21.5 Å². The van der Waals surface area contributed by atoms with Crippen molar-refractivity contribution in [3.8, 4) is 11.5 Å². The van der Waals surface area contributed by atoms with E-state index in [1.165, 1.54) is 51.4 Å². The first kappa shape index (κ1) is 32.3. The zero-order chi connectivity index (χ0) is 27.0. The second kappa shape index (κ2) is 17.7. The lowest BCUT2D eigenvalue weighted by Crippen LogP contribution is -2.53. The normalized spacial score (nSPS) is 17.3. The Morgan fingerprint density at radius 2 is 1.51 bits per heavy atom. The van der Waals surface area contributed by atoms with Gasteiger partial charge in [0.2, 0.25) is 0 Å². The number of rotatable bonds is 22. The van der Waals surface area contributed by atoms with Gasteiger partial charge < -0.3 is 14.2 Å². The van der Waals surface area contributed by atoms with Gasteiger partial charge in [-0.2, -0.15) is 8.42 Å². The first-order chi connectivity index (χ1) is 17.8. The second-order valence-corrected chi connectivity index (χ2v) is 13.1. The van der Waals surface area contributed by atoms with Crippen molar-refractivity contribution < 1.29 is 27.2 Å². The summed E-state index contributed by atoms with van der Waals surface area (Å²) in [4.78, 5) is 0.720. The average Bonchev–Trinajstić information content (AvgIpc) is 3.34. The van der Waals surface area contributed by atoms with Crippen molar-refractivity contribution in [1.29, 1.82) is 0 Å². The lowest BCUT2D eigenvalue weighted by atomic mass is 10.1. The minimum absolute atomic E-state index is 0.174. The number of hydrogen-bond donors (Lipinski definition) is 1. The van der Waals surface area contributed by atoms with Crippen LogP contribution in [0.1, 0.15) is 111 Å². The molecule has 0 saturated carbocycles. The highest BCUT2D eigenvalue weighted by Gasteiger charge is 2.42. The van der Waals surface area contributed by atoms with Crippen molar-refractivity contribution in [1.82, 2.24) is 4.90 Å². The molecule has 0 saturated heterocycles. The molecule has 0 aromatic carbocycles. The highest BCUT2D eigenvalue weighted by Crippen LogP contribution is 2.35. The van der Waals surface area contributed by atoms with Gasteiger partial charge in [0.05, 0.1) is 6.61 Å². The van der Waals surface area contributed by atoms with Gasteiger partial charge in [0, 0.05) is 17.4 Å². The summed E-state index contributed by atoms with van der Waals surface area (Å²) in [5, 5.41) is 3.84. The van der Waals surface area contributed by atoms with Crippen molar-refractivity contribution in [3.05, 3.63) is 10.8 Å². The molecule has 1 N–H and O–H groups in total. The molecule has 2 atom stereocenters. The first-order valence-corrected chi connectivity index (χ1v) is 16.9. The topological polar surface area (TPSA) is 85.3 Å². The van der Waals surface area contributed by atoms with E-state index in [1.54, 1.807) is 18.3 Å². The zero-order valence-corrected chi connectivity index (χ0v) is 25.1. The van der Waals surface area contributed by atoms with Gasteiger partial charge in [-0.3, -0.25) is 9.45 Å². The van der Waals surface area contributed by atoms with Crippen LogP contribution in [0.25, 0.3) is 0 Å². The highest BCUT2D eigenvalue weighted by atomic mass is 32.2. The monoisotopic (exact) mass is 561 g/mol. The van der Waals surface area contributed by atoms with E-state index in [4.69, 9.17) is 14.2 Å². The van der Waals surface area contributed by atoms with Crippen molar-refractivity contribution in [3.63, 3.8) is 0 Å². The van der Waals surface area contributed by atoms with E-state index in [-0.39, 0.29) is 6.10 Å². The van der Waals surface area contributed by atoms with Crippen LogP contribution < -0.4 is 9.47 Å². The third-order valence-corrected chi connectivity index (χ3v) is 9.61. The summed E-state index contributed by atoms with van der Waals surface area (Å²) in [6, 6.07) is 0. The predicted octanol–water partition coefficient (Wildman–Crippen LogP) is 7.31. The van der Waals surface area contributed by atoms with Crippen LogP contribution in [0.3, 0.4) is 0 Å². The Labute approximate surface area is 230 Å². The molecule has 0 bridgehead atoms. The van der Waals surface area contributed by atoms with Crippen LogP contribution >= 0.6 is 11.3 Å². The zero-order valence-electron chi connectivity index (χ0n) is 23.4. The van der Waals surface area contributed by atoms with E-state index in [0.29, 0.717) is 45.8 Å². The maximum absolute atomic E-state index is 12.7. The molecule has 9 heteroatoms. The van der Waals surface area contributed by atoms with Gasteiger partial charge in [-0.1, -0.05) is 78.1 Å². The molecule has 1 aromatic heterocycles. The Morgan fingerprint density at radius 1 is 0.946 bits per heavy atom. The van der Waals surface area contributed by atoms with Crippen LogP contribution in [0.5, 0.6) is 11.5 Å². The molecule has 0 aliphatic carbocycles. The molecule has 1 aliphatic rings. The molecule has 7 nitrogen and oxygen atoms in total. The van der Waals surface area contributed by atoms with Crippen LogP contribution in [0.4, 0.5) is 0 Å². The smallest absolute Gasteiger partial charge is 0.283 e. The Morgan fingerprint density at radius 3 is 2.11 bits per heavy atom. The van der Waals surface area contributed by atoms with Gasteiger partial charge in [0.1, 0.15) is 11.5 Å². The largest absolute Gasteiger partial charge is 0.485 e. The summed E-state index contributed by atoms with van der Waals surface area (Å²) in [6.45, 7) is 8.71. The second-order valence-electron chi connectivity index (χ2n) is 10.5.